The van der Waals surface area contributed by atoms with Gasteiger partial charge in [0.25, 0.3) is 0 Å². The largest absolute Gasteiger partial charge is 0.480 e. The zero-order chi connectivity index (χ0) is 13.8. The van der Waals surface area contributed by atoms with Crippen LogP contribution < -0.4 is 0 Å². The van der Waals surface area contributed by atoms with E-state index >= 15 is 0 Å². The van der Waals surface area contributed by atoms with E-state index in [1.807, 2.05) is 0 Å². The van der Waals surface area contributed by atoms with Crippen molar-refractivity contribution < 1.29 is 14.7 Å². The summed E-state index contributed by atoms with van der Waals surface area (Å²) < 4.78 is 0. The fourth-order valence-electron chi connectivity index (χ4n) is 2.21. The summed E-state index contributed by atoms with van der Waals surface area (Å²) >= 11 is 0. The number of carboxylic acid groups (broad SMARTS) is 1. The number of urea groups is 1. The van der Waals surface area contributed by atoms with E-state index in [0.717, 1.165) is 0 Å². The molecule has 0 aromatic heterocycles. The molecule has 1 aliphatic rings. The Morgan fingerprint density at radius 1 is 1.39 bits per heavy atom. The monoisotopic (exact) mass is 252 g/mol. The van der Waals surface area contributed by atoms with Gasteiger partial charge in [0, 0.05) is 19.6 Å². The maximum absolute atomic E-state index is 12.3. The van der Waals surface area contributed by atoms with Gasteiger partial charge in [-0.05, 0) is 19.8 Å². The number of carbonyl (C=O) groups is 2. The molecule has 1 saturated heterocycles. The summed E-state index contributed by atoms with van der Waals surface area (Å²) in [5.41, 5.74) is -1.10. The van der Waals surface area contributed by atoms with Crippen molar-refractivity contribution in [2.45, 2.75) is 25.3 Å². The van der Waals surface area contributed by atoms with Gasteiger partial charge in [0.2, 0.25) is 0 Å². The summed E-state index contributed by atoms with van der Waals surface area (Å²) in [5.74, 6) is -0.953. The van der Waals surface area contributed by atoms with Gasteiger partial charge in [-0.25, -0.2) is 9.59 Å². The summed E-state index contributed by atoms with van der Waals surface area (Å²) in [6, 6.07) is -0.266. The van der Waals surface area contributed by atoms with Gasteiger partial charge in [-0.2, -0.15) is 0 Å². The second-order valence-corrected chi connectivity index (χ2v) is 4.60. The van der Waals surface area contributed by atoms with E-state index in [1.54, 1.807) is 19.1 Å². The number of carboxylic acids is 1. The third-order valence-corrected chi connectivity index (χ3v) is 3.30. The highest BCUT2D eigenvalue weighted by atomic mass is 16.4. The smallest absolute Gasteiger partial charge is 0.329 e. The minimum Gasteiger partial charge on any atom is -0.480 e. The lowest BCUT2D eigenvalue weighted by atomic mass is 10.00. The molecule has 0 bridgehead atoms. The number of rotatable bonds is 5. The molecule has 5 heteroatoms. The first-order chi connectivity index (χ1) is 8.47. The Balaban J connectivity index is 2.90. The Morgan fingerprint density at radius 2 is 1.94 bits per heavy atom. The quantitative estimate of drug-likeness (QED) is 0.758. The van der Waals surface area contributed by atoms with Crippen molar-refractivity contribution in [2.24, 2.45) is 0 Å². The van der Waals surface area contributed by atoms with Crippen molar-refractivity contribution in [3.05, 3.63) is 25.3 Å². The van der Waals surface area contributed by atoms with Crippen LogP contribution in [0.4, 0.5) is 4.79 Å². The predicted octanol–water partition coefficient (Wildman–Crippen LogP) is 1.72. The molecule has 0 aliphatic carbocycles. The van der Waals surface area contributed by atoms with Gasteiger partial charge in [0.1, 0.15) is 5.54 Å². The van der Waals surface area contributed by atoms with E-state index in [1.165, 1.54) is 9.80 Å². The van der Waals surface area contributed by atoms with Crippen molar-refractivity contribution in [1.82, 2.24) is 9.80 Å². The Hall–Kier alpha value is -1.78. The molecule has 1 heterocycles. The highest BCUT2D eigenvalue weighted by Gasteiger charge is 2.46. The standard InChI is InChI=1S/C13H20N2O3/c1-4-8-14(9-5-2)12(18)15-10-6-7-13(15,3)11(16)17/h4-5H,1-2,6-10H2,3H3,(H,16,17). The van der Waals surface area contributed by atoms with Crippen LogP contribution >= 0.6 is 0 Å². The fourth-order valence-corrected chi connectivity index (χ4v) is 2.21. The van der Waals surface area contributed by atoms with Gasteiger partial charge in [-0.15, -0.1) is 13.2 Å². The molecule has 1 aliphatic heterocycles. The minimum atomic E-state index is -1.10. The highest BCUT2D eigenvalue weighted by Crippen LogP contribution is 2.30. The van der Waals surface area contributed by atoms with Crippen molar-refractivity contribution in [1.29, 1.82) is 0 Å². The van der Waals surface area contributed by atoms with E-state index < -0.39 is 11.5 Å². The van der Waals surface area contributed by atoms with Crippen molar-refractivity contribution >= 4 is 12.0 Å². The Bertz CT molecular complexity index is 357. The molecule has 0 saturated carbocycles. The van der Waals surface area contributed by atoms with Crippen LogP contribution in [0.1, 0.15) is 19.8 Å². The second-order valence-electron chi connectivity index (χ2n) is 4.60. The Labute approximate surface area is 107 Å². The van der Waals surface area contributed by atoms with E-state index in [-0.39, 0.29) is 6.03 Å². The number of hydrogen-bond donors (Lipinski definition) is 1. The lowest BCUT2D eigenvalue weighted by Crippen LogP contribution is -2.55. The van der Waals surface area contributed by atoms with E-state index in [4.69, 9.17) is 0 Å². The van der Waals surface area contributed by atoms with Crippen LogP contribution in [-0.2, 0) is 4.79 Å². The summed E-state index contributed by atoms with van der Waals surface area (Å²) in [7, 11) is 0. The van der Waals surface area contributed by atoms with Crippen LogP contribution in [0.5, 0.6) is 0 Å². The van der Waals surface area contributed by atoms with E-state index in [0.29, 0.717) is 32.5 Å². The molecule has 0 spiro atoms. The van der Waals surface area contributed by atoms with E-state index in [9.17, 15) is 14.7 Å². The average molecular weight is 252 g/mol. The molecular weight excluding hydrogens is 232 g/mol. The first-order valence-corrected chi connectivity index (χ1v) is 5.99. The normalized spacial score (nSPS) is 22.6. The molecule has 18 heavy (non-hydrogen) atoms. The van der Waals surface area contributed by atoms with Crippen LogP contribution in [0.25, 0.3) is 0 Å². The third-order valence-electron chi connectivity index (χ3n) is 3.30. The second kappa shape index (κ2) is 5.71. The van der Waals surface area contributed by atoms with Gasteiger partial charge < -0.3 is 14.9 Å². The Morgan fingerprint density at radius 3 is 2.39 bits per heavy atom. The van der Waals surface area contributed by atoms with Crippen LogP contribution in [0, 0.1) is 0 Å². The molecule has 1 N–H and O–H groups in total. The molecular formula is C13H20N2O3. The first-order valence-electron chi connectivity index (χ1n) is 5.99. The van der Waals surface area contributed by atoms with Gasteiger partial charge in [0.05, 0.1) is 0 Å². The number of carbonyl (C=O) groups excluding carboxylic acids is 1. The molecule has 0 aromatic rings. The SMILES string of the molecule is C=CCN(CC=C)C(=O)N1CCCC1(C)C(=O)O. The number of likely N-dealkylation sites (tertiary alicyclic amines) is 1. The Kier molecular flexibility index (Phi) is 4.53. The summed E-state index contributed by atoms with van der Waals surface area (Å²) in [5, 5.41) is 9.28. The zero-order valence-corrected chi connectivity index (χ0v) is 10.8. The molecule has 0 aromatic carbocycles. The van der Waals surface area contributed by atoms with Gasteiger partial charge in [-0.1, -0.05) is 12.2 Å². The molecule has 100 valence electrons. The van der Waals surface area contributed by atoms with Gasteiger partial charge in [0.15, 0.2) is 0 Å². The number of hydrogen-bond acceptors (Lipinski definition) is 2. The van der Waals surface area contributed by atoms with E-state index in [2.05, 4.69) is 13.2 Å². The highest BCUT2D eigenvalue weighted by molar-refractivity contribution is 5.86. The molecule has 1 atom stereocenters. The van der Waals surface area contributed by atoms with Crippen LogP contribution in [-0.4, -0.2) is 52.1 Å². The van der Waals surface area contributed by atoms with Crippen LogP contribution in [0.3, 0.4) is 0 Å². The summed E-state index contributed by atoms with van der Waals surface area (Å²) in [6.45, 7) is 10.0. The first kappa shape index (κ1) is 14.3. The molecule has 2 amide bonds. The number of amides is 2. The molecule has 1 rings (SSSR count). The average Bonchev–Trinajstić information content (AvgIpc) is 2.71. The zero-order valence-electron chi connectivity index (χ0n) is 10.8. The lowest BCUT2D eigenvalue weighted by molar-refractivity contribution is -0.147. The lowest BCUT2D eigenvalue weighted by Gasteiger charge is -2.35. The van der Waals surface area contributed by atoms with Gasteiger partial charge in [-0.3, -0.25) is 0 Å². The summed E-state index contributed by atoms with van der Waals surface area (Å²) in [6.07, 6.45) is 4.44. The minimum absolute atomic E-state index is 0.266. The molecule has 1 unspecified atom stereocenters. The predicted molar refractivity (Wildman–Crippen MR) is 69.3 cm³/mol. The third kappa shape index (κ3) is 2.55. The van der Waals surface area contributed by atoms with Crippen molar-refractivity contribution in [3.8, 4) is 0 Å². The maximum Gasteiger partial charge on any atom is 0.329 e. The number of aliphatic carboxylic acids is 1. The fraction of sp³-hybridized carbons (Fsp3) is 0.538. The van der Waals surface area contributed by atoms with Crippen LogP contribution in [0.15, 0.2) is 25.3 Å². The van der Waals surface area contributed by atoms with Crippen LogP contribution in [0.2, 0.25) is 0 Å². The molecule has 0 radical (unpaired) electrons. The maximum atomic E-state index is 12.3. The van der Waals surface area contributed by atoms with Gasteiger partial charge >= 0.3 is 12.0 Å². The van der Waals surface area contributed by atoms with Crippen molar-refractivity contribution in [3.63, 3.8) is 0 Å². The topological polar surface area (TPSA) is 60.9 Å². The number of nitrogens with zero attached hydrogens (tertiary/aromatic N) is 2. The molecule has 5 nitrogen and oxygen atoms in total. The molecule has 1 fully saturated rings. The summed E-state index contributed by atoms with van der Waals surface area (Å²) in [4.78, 5) is 26.6. The van der Waals surface area contributed by atoms with Crippen molar-refractivity contribution in [2.75, 3.05) is 19.6 Å².